The van der Waals surface area contributed by atoms with Gasteiger partial charge < -0.3 is 10.1 Å². The topological polar surface area (TPSA) is 21.3 Å². The zero-order valence-electron chi connectivity index (χ0n) is 13.5. The van der Waals surface area contributed by atoms with E-state index in [0.717, 1.165) is 31.6 Å². The molecule has 0 aliphatic heterocycles. The first-order valence-electron chi connectivity index (χ1n) is 7.68. The molecule has 1 unspecified atom stereocenters. The van der Waals surface area contributed by atoms with Crippen LogP contribution in [0.3, 0.4) is 0 Å². The molecule has 0 radical (unpaired) electrons. The van der Waals surface area contributed by atoms with Gasteiger partial charge in [-0.15, -0.1) is 0 Å². The molecule has 110 valence electrons. The second kappa shape index (κ2) is 9.80. The van der Waals surface area contributed by atoms with Gasteiger partial charge >= 0.3 is 0 Å². The van der Waals surface area contributed by atoms with Gasteiger partial charge in [0.1, 0.15) is 0 Å². The standard InChI is InChI=1S/C16H35NO/c1-7-8-10-18-11-9-15(12-14(2)3)13-17-16(4,5)6/h14-15,17H,7-13H2,1-6H3. The molecule has 2 heteroatoms. The Kier molecular flexibility index (Phi) is 9.76. The smallest absolute Gasteiger partial charge is 0.0469 e. The van der Waals surface area contributed by atoms with E-state index in [4.69, 9.17) is 4.74 Å². The summed E-state index contributed by atoms with van der Waals surface area (Å²) in [6.45, 7) is 16.5. The summed E-state index contributed by atoms with van der Waals surface area (Å²) in [5.41, 5.74) is 0.221. The molecule has 0 amide bonds. The van der Waals surface area contributed by atoms with Crippen LogP contribution in [0.5, 0.6) is 0 Å². The fourth-order valence-corrected chi connectivity index (χ4v) is 2.02. The number of rotatable bonds is 10. The zero-order chi connectivity index (χ0) is 14.0. The molecule has 2 nitrogen and oxygen atoms in total. The van der Waals surface area contributed by atoms with Gasteiger partial charge in [-0.2, -0.15) is 0 Å². The van der Waals surface area contributed by atoms with Crippen LogP contribution in [0.1, 0.15) is 67.2 Å². The number of unbranched alkanes of at least 4 members (excludes halogenated alkanes) is 1. The van der Waals surface area contributed by atoms with Gasteiger partial charge in [0.25, 0.3) is 0 Å². The lowest BCUT2D eigenvalue weighted by atomic mass is 9.93. The lowest BCUT2D eigenvalue weighted by molar-refractivity contribution is 0.112. The maximum atomic E-state index is 5.69. The van der Waals surface area contributed by atoms with Crippen LogP contribution in [0.15, 0.2) is 0 Å². The van der Waals surface area contributed by atoms with E-state index in [1.165, 1.54) is 25.7 Å². The van der Waals surface area contributed by atoms with Crippen molar-refractivity contribution >= 4 is 0 Å². The molecule has 0 fully saturated rings. The molecule has 0 aromatic carbocycles. The summed E-state index contributed by atoms with van der Waals surface area (Å²) in [5.74, 6) is 1.51. The van der Waals surface area contributed by atoms with E-state index in [1.54, 1.807) is 0 Å². The summed E-state index contributed by atoms with van der Waals surface area (Å²) in [5, 5.41) is 3.62. The van der Waals surface area contributed by atoms with Crippen molar-refractivity contribution in [3.63, 3.8) is 0 Å². The Bertz CT molecular complexity index is 184. The second-order valence-corrected chi connectivity index (χ2v) is 6.88. The van der Waals surface area contributed by atoms with Crippen LogP contribution in [0.25, 0.3) is 0 Å². The molecule has 0 spiro atoms. The summed E-state index contributed by atoms with van der Waals surface area (Å²) in [6.07, 6.45) is 4.89. The normalized spacial score (nSPS) is 14.2. The van der Waals surface area contributed by atoms with Crippen LogP contribution < -0.4 is 5.32 Å². The van der Waals surface area contributed by atoms with Crippen molar-refractivity contribution in [3.05, 3.63) is 0 Å². The third kappa shape index (κ3) is 12.4. The van der Waals surface area contributed by atoms with E-state index in [-0.39, 0.29) is 5.54 Å². The maximum absolute atomic E-state index is 5.69. The fourth-order valence-electron chi connectivity index (χ4n) is 2.02. The molecule has 18 heavy (non-hydrogen) atoms. The minimum Gasteiger partial charge on any atom is -0.381 e. The third-order valence-electron chi connectivity index (χ3n) is 3.04. The Hall–Kier alpha value is -0.0800. The van der Waals surface area contributed by atoms with Crippen LogP contribution in [0.2, 0.25) is 0 Å². The van der Waals surface area contributed by atoms with Crippen LogP contribution in [-0.2, 0) is 4.74 Å². The van der Waals surface area contributed by atoms with E-state index in [9.17, 15) is 0 Å². The van der Waals surface area contributed by atoms with Crippen molar-refractivity contribution in [2.24, 2.45) is 11.8 Å². The molecular weight excluding hydrogens is 222 g/mol. The van der Waals surface area contributed by atoms with Gasteiger partial charge in [0.05, 0.1) is 0 Å². The molecule has 0 heterocycles. The molecule has 0 rings (SSSR count). The first-order chi connectivity index (χ1) is 8.35. The zero-order valence-corrected chi connectivity index (χ0v) is 13.5. The van der Waals surface area contributed by atoms with E-state index in [2.05, 4.69) is 46.9 Å². The van der Waals surface area contributed by atoms with E-state index in [0.29, 0.717) is 0 Å². The lowest BCUT2D eigenvalue weighted by Crippen LogP contribution is -2.39. The van der Waals surface area contributed by atoms with E-state index < -0.39 is 0 Å². The van der Waals surface area contributed by atoms with E-state index >= 15 is 0 Å². The molecule has 0 saturated heterocycles. The lowest BCUT2D eigenvalue weighted by Gasteiger charge is -2.26. The molecular formula is C16H35NO. The quantitative estimate of drug-likeness (QED) is 0.591. The van der Waals surface area contributed by atoms with Crippen molar-refractivity contribution in [1.29, 1.82) is 0 Å². The molecule has 0 bridgehead atoms. The summed E-state index contributed by atoms with van der Waals surface area (Å²) < 4.78 is 5.69. The molecule has 0 aliphatic carbocycles. The highest BCUT2D eigenvalue weighted by Crippen LogP contribution is 2.16. The van der Waals surface area contributed by atoms with Crippen molar-refractivity contribution in [1.82, 2.24) is 5.32 Å². The number of nitrogens with one attached hydrogen (secondary N) is 1. The van der Waals surface area contributed by atoms with Crippen LogP contribution in [-0.4, -0.2) is 25.3 Å². The van der Waals surface area contributed by atoms with Gasteiger partial charge in [-0.1, -0.05) is 27.2 Å². The average Bonchev–Trinajstić information content (AvgIpc) is 2.23. The predicted molar refractivity (Wildman–Crippen MR) is 81.0 cm³/mol. The van der Waals surface area contributed by atoms with Gasteiger partial charge in [0.2, 0.25) is 0 Å². The van der Waals surface area contributed by atoms with Crippen molar-refractivity contribution in [2.75, 3.05) is 19.8 Å². The van der Waals surface area contributed by atoms with Gasteiger partial charge in [-0.3, -0.25) is 0 Å². The maximum Gasteiger partial charge on any atom is 0.0469 e. The molecule has 0 saturated carbocycles. The van der Waals surface area contributed by atoms with Crippen LogP contribution >= 0.6 is 0 Å². The number of hydrogen-bond acceptors (Lipinski definition) is 2. The fraction of sp³-hybridized carbons (Fsp3) is 1.00. The van der Waals surface area contributed by atoms with Crippen molar-refractivity contribution in [3.8, 4) is 0 Å². The number of ether oxygens (including phenoxy) is 1. The van der Waals surface area contributed by atoms with Gasteiger partial charge in [-0.25, -0.2) is 0 Å². The first-order valence-corrected chi connectivity index (χ1v) is 7.68. The molecule has 0 aliphatic rings. The summed E-state index contributed by atoms with van der Waals surface area (Å²) >= 11 is 0. The van der Waals surface area contributed by atoms with E-state index in [1.807, 2.05) is 0 Å². The second-order valence-electron chi connectivity index (χ2n) is 6.88. The Morgan fingerprint density at radius 1 is 1.11 bits per heavy atom. The SMILES string of the molecule is CCCCOCCC(CNC(C)(C)C)CC(C)C. The third-order valence-corrected chi connectivity index (χ3v) is 3.04. The van der Waals surface area contributed by atoms with Crippen LogP contribution in [0.4, 0.5) is 0 Å². The summed E-state index contributed by atoms with van der Waals surface area (Å²) in [7, 11) is 0. The highest BCUT2D eigenvalue weighted by atomic mass is 16.5. The Morgan fingerprint density at radius 3 is 2.28 bits per heavy atom. The van der Waals surface area contributed by atoms with Gasteiger partial charge in [-0.05, 0) is 58.4 Å². The highest BCUT2D eigenvalue weighted by molar-refractivity contribution is 4.74. The number of hydrogen-bond donors (Lipinski definition) is 1. The molecule has 0 aromatic rings. The Morgan fingerprint density at radius 2 is 1.78 bits per heavy atom. The molecule has 1 N–H and O–H groups in total. The Balaban J connectivity index is 3.84. The minimum absolute atomic E-state index is 0.221. The van der Waals surface area contributed by atoms with Gasteiger partial charge in [0, 0.05) is 18.8 Å². The van der Waals surface area contributed by atoms with Gasteiger partial charge in [0.15, 0.2) is 0 Å². The highest BCUT2D eigenvalue weighted by Gasteiger charge is 2.15. The molecule has 1 atom stereocenters. The molecule has 0 aromatic heterocycles. The van der Waals surface area contributed by atoms with Crippen molar-refractivity contribution < 1.29 is 4.74 Å². The van der Waals surface area contributed by atoms with Crippen molar-refractivity contribution in [2.45, 2.75) is 72.8 Å². The monoisotopic (exact) mass is 257 g/mol. The average molecular weight is 257 g/mol. The summed E-state index contributed by atoms with van der Waals surface area (Å²) in [4.78, 5) is 0. The predicted octanol–water partition coefficient (Wildman–Crippen LogP) is 4.24. The Labute approximate surface area is 115 Å². The van der Waals surface area contributed by atoms with Crippen LogP contribution in [0, 0.1) is 11.8 Å². The largest absolute Gasteiger partial charge is 0.381 e. The first kappa shape index (κ1) is 17.9. The summed E-state index contributed by atoms with van der Waals surface area (Å²) in [6, 6.07) is 0. The minimum atomic E-state index is 0.221.